The fourth-order valence-corrected chi connectivity index (χ4v) is 2.54. The van der Waals surface area contributed by atoms with Crippen molar-refractivity contribution in [3.63, 3.8) is 0 Å². The maximum atomic E-state index is 5.94. The predicted octanol–water partition coefficient (Wildman–Crippen LogP) is 2.83. The summed E-state index contributed by atoms with van der Waals surface area (Å²) in [6.07, 6.45) is 9.42. The van der Waals surface area contributed by atoms with Gasteiger partial charge in [-0.2, -0.15) is 0 Å². The van der Waals surface area contributed by atoms with E-state index in [4.69, 9.17) is 10.2 Å². The summed E-state index contributed by atoms with van der Waals surface area (Å²) >= 11 is 0. The van der Waals surface area contributed by atoms with Crippen LogP contribution in [0.4, 0.5) is 0 Å². The van der Waals surface area contributed by atoms with Crippen LogP contribution in [0.5, 0.6) is 0 Å². The van der Waals surface area contributed by atoms with Gasteiger partial charge in [-0.1, -0.05) is 25.7 Å². The van der Waals surface area contributed by atoms with Crippen LogP contribution in [0.25, 0.3) is 0 Å². The fraction of sp³-hybridized carbons (Fsp3) is 0.667. The molecule has 1 heterocycles. The molecule has 1 aromatic heterocycles. The van der Waals surface area contributed by atoms with Crippen LogP contribution >= 0.6 is 0 Å². The van der Waals surface area contributed by atoms with E-state index in [0.717, 1.165) is 12.3 Å². The quantitative estimate of drug-likeness (QED) is 0.733. The lowest BCUT2D eigenvalue weighted by molar-refractivity contribution is 0.304. The molecule has 2 N–H and O–H groups in total. The first-order valence-corrected chi connectivity index (χ1v) is 5.61. The Bertz CT molecular complexity index is 258. The molecule has 0 bridgehead atoms. The van der Waals surface area contributed by atoms with Crippen molar-refractivity contribution in [2.24, 2.45) is 5.73 Å². The van der Waals surface area contributed by atoms with Gasteiger partial charge in [-0.15, -0.1) is 0 Å². The first-order chi connectivity index (χ1) is 6.87. The Balaban J connectivity index is 2.23. The summed E-state index contributed by atoms with van der Waals surface area (Å²) < 4.78 is 5.54. The third-order valence-electron chi connectivity index (χ3n) is 3.50. The van der Waals surface area contributed by atoms with Crippen LogP contribution in [0, 0.1) is 0 Å². The molecule has 2 nitrogen and oxygen atoms in total. The van der Waals surface area contributed by atoms with Crippen molar-refractivity contribution in [1.82, 2.24) is 0 Å². The van der Waals surface area contributed by atoms with Crippen LogP contribution in [-0.4, -0.2) is 6.54 Å². The second kappa shape index (κ2) is 4.18. The van der Waals surface area contributed by atoms with E-state index in [1.165, 1.54) is 38.5 Å². The van der Waals surface area contributed by atoms with Gasteiger partial charge in [-0.25, -0.2) is 0 Å². The molecule has 2 rings (SSSR count). The van der Waals surface area contributed by atoms with Gasteiger partial charge in [0, 0.05) is 12.0 Å². The Hall–Kier alpha value is -0.760. The molecule has 0 aromatic carbocycles. The summed E-state index contributed by atoms with van der Waals surface area (Å²) in [6.45, 7) is 0.723. The Labute approximate surface area is 85.5 Å². The first kappa shape index (κ1) is 9.78. The van der Waals surface area contributed by atoms with Gasteiger partial charge < -0.3 is 10.2 Å². The van der Waals surface area contributed by atoms with Crippen LogP contribution in [-0.2, 0) is 5.41 Å². The molecule has 78 valence electrons. The fourth-order valence-electron chi connectivity index (χ4n) is 2.54. The molecule has 0 atom stereocenters. The highest BCUT2D eigenvalue weighted by Crippen LogP contribution is 2.37. The second-order valence-corrected chi connectivity index (χ2v) is 4.38. The Morgan fingerprint density at radius 2 is 1.93 bits per heavy atom. The number of furan rings is 1. The summed E-state index contributed by atoms with van der Waals surface area (Å²) in [6, 6.07) is 4.05. The maximum Gasteiger partial charge on any atom is 0.111 e. The molecule has 0 radical (unpaired) electrons. The predicted molar refractivity (Wildman–Crippen MR) is 57.1 cm³/mol. The van der Waals surface area contributed by atoms with Gasteiger partial charge in [-0.05, 0) is 25.0 Å². The molecule has 1 aliphatic rings. The van der Waals surface area contributed by atoms with Gasteiger partial charge in [0.1, 0.15) is 5.76 Å². The van der Waals surface area contributed by atoms with Gasteiger partial charge in [0.2, 0.25) is 0 Å². The standard InChI is InChI=1S/C12H19NO/c13-10-12(11-6-5-9-14-11)7-3-1-2-4-8-12/h5-6,9H,1-4,7-8,10,13H2. The molecule has 0 saturated heterocycles. The van der Waals surface area contributed by atoms with Crippen molar-refractivity contribution < 1.29 is 4.42 Å². The largest absolute Gasteiger partial charge is 0.469 e. The van der Waals surface area contributed by atoms with Crippen molar-refractivity contribution in [2.45, 2.75) is 43.9 Å². The van der Waals surface area contributed by atoms with Crippen molar-refractivity contribution in [3.8, 4) is 0 Å². The van der Waals surface area contributed by atoms with Gasteiger partial charge in [0.15, 0.2) is 0 Å². The average Bonchev–Trinajstić information content (AvgIpc) is 2.64. The van der Waals surface area contributed by atoms with Gasteiger partial charge in [0.25, 0.3) is 0 Å². The van der Waals surface area contributed by atoms with E-state index in [2.05, 4.69) is 6.07 Å². The van der Waals surface area contributed by atoms with Crippen LogP contribution in [0.3, 0.4) is 0 Å². The summed E-state index contributed by atoms with van der Waals surface area (Å²) in [7, 11) is 0. The molecule has 1 saturated carbocycles. The number of rotatable bonds is 2. The highest BCUT2D eigenvalue weighted by Gasteiger charge is 2.33. The minimum Gasteiger partial charge on any atom is -0.469 e. The van der Waals surface area contributed by atoms with Gasteiger partial charge in [-0.3, -0.25) is 0 Å². The highest BCUT2D eigenvalue weighted by atomic mass is 16.3. The monoisotopic (exact) mass is 193 g/mol. The van der Waals surface area contributed by atoms with E-state index in [1.54, 1.807) is 6.26 Å². The SMILES string of the molecule is NCC1(c2ccco2)CCCCCC1. The molecule has 1 aromatic rings. The molecule has 0 unspecified atom stereocenters. The van der Waals surface area contributed by atoms with Crippen molar-refractivity contribution in [2.75, 3.05) is 6.54 Å². The van der Waals surface area contributed by atoms with E-state index in [9.17, 15) is 0 Å². The van der Waals surface area contributed by atoms with Crippen molar-refractivity contribution in [3.05, 3.63) is 24.2 Å². The minimum absolute atomic E-state index is 0.139. The third-order valence-corrected chi connectivity index (χ3v) is 3.50. The first-order valence-electron chi connectivity index (χ1n) is 5.61. The minimum atomic E-state index is 0.139. The topological polar surface area (TPSA) is 39.2 Å². The highest BCUT2D eigenvalue weighted by molar-refractivity contribution is 5.15. The van der Waals surface area contributed by atoms with E-state index in [0.29, 0.717) is 0 Å². The smallest absolute Gasteiger partial charge is 0.111 e. The van der Waals surface area contributed by atoms with Crippen LogP contribution in [0.15, 0.2) is 22.8 Å². The summed E-state index contributed by atoms with van der Waals surface area (Å²) in [5.74, 6) is 1.10. The lowest BCUT2D eigenvalue weighted by Gasteiger charge is -2.28. The van der Waals surface area contributed by atoms with Gasteiger partial charge in [0.05, 0.1) is 6.26 Å². The van der Waals surface area contributed by atoms with Crippen LogP contribution in [0.2, 0.25) is 0 Å². The van der Waals surface area contributed by atoms with Crippen LogP contribution in [0.1, 0.15) is 44.3 Å². The number of hydrogen-bond acceptors (Lipinski definition) is 2. The van der Waals surface area contributed by atoms with E-state index >= 15 is 0 Å². The lowest BCUT2D eigenvalue weighted by Crippen LogP contribution is -2.34. The molecule has 1 aliphatic carbocycles. The zero-order chi connectivity index (χ0) is 9.86. The summed E-state index contributed by atoms with van der Waals surface area (Å²) in [4.78, 5) is 0. The van der Waals surface area contributed by atoms with E-state index in [1.807, 2.05) is 6.07 Å². The Kier molecular flexibility index (Phi) is 2.92. The molecule has 0 spiro atoms. The molecular formula is C12H19NO. The van der Waals surface area contributed by atoms with Crippen LogP contribution < -0.4 is 5.73 Å². The molecule has 2 heteroatoms. The zero-order valence-corrected chi connectivity index (χ0v) is 8.67. The normalized spacial score (nSPS) is 21.8. The summed E-state index contributed by atoms with van der Waals surface area (Å²) in [5.41, 5.74) is 6.08. The van der Waals surface area contributed by atoms with E-state index in [-0.39, 0.29) is 5.41 Å². The summed E-state index contributed by atoms with van der Waals surface area (Å²) in [5, 5.41) is 0. The van der Waals surface area contributed by atoms with Gasteiger partial charge >= 0.3 is 0 Å². The zero-order valence-electron chi connectivity index (χ0n) is 8.67. The lowest BCUT2D eigenvalue weighted by atomic mass is 9.78. The Morgan fingerprint density at radius 3 is 2.43 bits per heavy atom. The number of hydrogen-bond donors (Lipinski definition) is 1. The molecule has 0 aliphatic heterocycles. The maximum absolute atomic E-state index is 5.94. The van der Waals surface area contributed by atoms with E-state index < -0.39 is 0 Å². The Morgan fingerprint density at radius 1 is 1.21 bits per heavy atom. The molecule has 0 amide bonds. The average molecular weight is 193 g/mol. The third kappa shape index (κ3) is 1.71. The number of nitrogens with two attached hydrogens (primary N) is 1. The van der Waals surface area contributed by atoms with Crippen molar-refractivity contribution >= 4 is 0 Å². The molecule has 14 heavy (non-hydrogen) atoms. The molecule has 1 fully saturated rings. The molecular weight excluding hydrogens is 174 g/mol. The second-order valence-electron chi connectivity index (χ2n) is 4.38. The van der Waals surface area contributed by atoms with Crippen molar-refractivity contribution in [1.29, 1.82) is 0 Å².